The highest BCUT2D eigenvalue weighted by atomic mass is 16.5. The Bertz CT molecular complexity index is 233. The monoisotopic (exact) mass is 166 g/mol. The molecule has 0 amide bonds. The van der Waals surface area contributed by atoms with Crippen molar-refractivity contribution >= 4 is 0 Å². The summed E-state index contributed by atoms with van der Waals surface area (Å²) in [4.78, 5) is 0. The first-order valence-electron chi connectivity index (χ1n) is 4.07. The Hall–Kier alpha value is -1.02. The van der Waals surface area contributed by atoms with Crippen molar-refractivity contribution < 1.29 is 9.47 Å². The van der Waals surface area contributed by atoms with Gasteiger partial charge >= 0.3 is 0 Å². The predicted molar refractivity (Wildman–Crippen MR) is 48.3 cm³/mol. The molecule has 12 heavy (non-hydrogen) atoms. The van der Waals surface area contributed by atoms with Gasteiger partial charge in [-0.25, -0.2) is 0 Å². The van der Waals surface area contributed by atoms with Crippen molar-refractivity contribution in [1.29, 1.82) is 0 Å². The molecule has 0 radical (unpaired) electrons. The summed E-state index contributed by atoms with van der Waals surface area (Å²) in [7, 11) is 1.67. The molecule has 0 aliphatic rings. The maximum Gasteiger partial charge on any atom is 0.119 e. The van der Waals surface area contributed by atoms with E-state index >= 15 is 0 Å². The van der Waals surface area contributed by atoms with E-state index in [0.29, 0.717) is 6.61 Å². The first-order chi connectivity index (χ1) is 5.86. The third-order valence-electron chi connectivity index (χ3n) is 1.61. The molecular weight excluding hydrogens is 152 g/mol. The molecule has 1 aromatic carbocycles. The van der Waals surface area contributed by atoms with Crippen molar-refractivity contribution in [3.63, 3.8) is 0 Å². The van der Waals surface area contributed by atoms with Crippen LogP contribution in [0.5, 0.6) is 5.75 Å². The van der Waals surface area contributed by atoms with Crippen LogP contribution in [0.25, 0.3) is 0 Å². The minimum atomic E-state index is 0.660. The van der Waals surface area contributed by atoms with Crippen LogP contribution >= 0.6 is 0 Å². The van der Waals surface area contributed by atoms with Gasteiger partial charge in [-0.05, 0) is 24.6 Å². The maximum absolute atomic E-state index is 5.26. The molecule has 2 nitrogen and oxygen atoms in total. The molecule has 1 rings (SSSR count). The standard InChI is InChI=1S/C10H14O2/c1-3-12-8-9-5-4-6-10(7-9)11-2/h4-7H,3,8H2,1-2H3. The van der Waals surface area contributed by atoms with Gasteiger partial charge in [0.15, 0.2) is 0 Å². The van der Waals surface area contributed by atoms with Gasteiger partial charge in [-0.15, -0.1) is 0 Å². The average molecular weight is 166 g/mol. The highest BCUT2D eigenvalue weighted by Gasteiger charge is 1.94. The molecule has 0 fully saturated rings. The van der Waals surface area contributed by atoms with Crippen LogP contribution in [0.15, 0.2) is 24.3 Å². The van der Waals surface area contributed by atoms with E-state index in [-0.39, 0.29) is 0 Å². The molecule has 0 unspecified atom stereocenters. The minimum absolute atomic E-state index is 0.660. The lowest BCUT2D eigenvalue weighted by atomic mass is 10.2. The fraction of sp³-hybridized carbons (Fsp3) is 0.400. The van der Waals surface area contributed by atoms with E-state index in [1.165, 1.54) is 0 Å². The third kappa shape index (κ3) is 2.55. The fourth-order valence-electron chi connectivity index (χ4n) is 0.982. The lowest BCUT2D eigenvalue weighted by Gasteiger charge is -2.03. The smallest absolute Gasteiger partial charge is 0.119 e. The quantitative estimate of drug-likeness (QED) is 0.683. The second-order valence-corrected chi connectivity index (χ2v) is 2.49. The molecule has 0 spiro atoms. The van der Waals surface area contributed by atoms with Crippen LogP contribution in [0.2, 0.25) is 0 Å². The predicted octanol–water partition coefficient (Wildman–Crippen LogP) is 2.23. The third-order valence-corrected chi connectivity index (χ3v) is 1.61. The zero-order valence-corrected chi connectivity index (χ0v) is 7.54. The van der Waals surface area contributed by atoms with E-state index < -0.39 is 0 Å². The molecule has 0 bridgehead atoms. The van der Waals surface area contributed by atoms with Crippen molar-refractivity contribution in [3.8, 4) is 5.75 Å². The molecule has 0 saturated carbocycles. The minimum Gasteiger partial charge on any atom is -0.497 e. The molecule has 0 aromatic heterocycles. The largest absolute Gasteiger partial charge is 0.497 e. The van der Waals surface area contributed by atoms with Crippen molar-refractivity contribution in [1.82, 2.24) is 0 Å². The van der Waals surface area contributed by atoms with Gasteiger partial charge in [-0.2, -0.15) is 0 Å². The van der Waals surface area contributed by atoms with Gasteiger partial charge in [-0.3, -0.25) is 0 Å². The van der Waals surface area contributed by atoms with Crippen molar-refractivity contribution in [2.75, 3.05) is 13.7 Å². The Labute approximate surface area is 73.1 Å². The van der Waals surface area contributed by atoms with Gasteiger partial charge < -0.3 is 9.47 Å². The lowest BCUT2D eigenvalue weighted by Crippen LogP contribution is -1.92. The summed E-state index contributed by atoms with van der Waals surface area (Å²) in [5.74, 6) is 0.882. The van der Waals surface area contributed by atoms with Crippen LogP contribution in [0, 0.1) is 0 Å². The van der Waals surface area contributed by atoms with E-state index in [2.05, 4.69) is 0 Å². The van der Waals surface area contributed by atoms with Gasteiger partial charge in [0, 0.05) is 6.61 Å². The topological polar surface area (TPSA) is 18.5 Å². The van der Waals surface area contributed by atoms with E-state index in [4.69, 9.17) is 9.47 Å². The van der Waals surface area contributed by atoms with E-state index in [9.17, 15) is 0 Å². The molecular formula is C10H14O2. The van der Waals surface area contributed by atoms with Gasteiger partial charge in [0.2, 0.25) is 0 Å². The maximum atomic E-state index is 5.26. The van der Waals surface area contributed by atoms with Crippen LogP contribution in [0.1, 0.15) is 12.5 Å². The van der Waals surface area contributed by atoms with Gasteiger partial charge in [0.25, 0.3) is 0 Å². The number of hydrogen-bond donors (Lipinski definition) is 0. The average Bonchev–Trinajstić information content (AvgIpc) is 2.15. The van der Waals surface area contributed by atoms with Crippen molar-refractivity contribution in [2.45, 2.75) is 13.5 Å². The molecule has 0 saturated heterocycles. The zero-order valence-electron chi connectivity index (χ0n) is 7.54. The summed E-state index contributed by atoms with van der Waals surface area (Å²) in [6.45, 7) is 3.39. The molecule has 66 valence electrons. The Morgan fingerprint density at radius 1 is 1.33 bits per heavy atom. The van der Waals surface area contributed by atoms with Crippen LogP contribution in [0.3, 0.4) is 0 Å². The number of ether oxygens (including phenoxy) is 2. The first kappa shape index (κ1) is 9.07. The fourth-order valence-corrected chi connectivity index (χ4v) is 0.982. The van der Waals surface area contributed by atoms with Crippen LogP contribution in [-0.2, 0) is 11.3 Å². The molecule has 0 N–H and O–H groups in total. The van der Waals surface area contributed by atoms with Crippen LogP contribution in [0.4, 0.5) is 0 Å². The van der Waals surface area contributed by atoms with E-state index in [1.807, 2.05) is 31.2 Å². The highest BCUT2D eigenvalue weighted by molar-refractivity contribution is 5.27. The molecule has 1 aromatic rings. The van der Waals surface area contributed by atoms with E-state index in [1.54, 1.807) is 7.11 Å². The number of benzene rings is 1. The molecule has 0 aliphatic carbocycles. The second-order valence-electron chi connectivity index (χ2n) is 2.49. The van der Waals surface area contributed by atoms with Gasteiger partial charge in [0.05, 0.1) is 13.7 Å². The Balaban J connectivity index is 2.60. The molecule has 2 heteroatoms. The first-order valence-corrected chi connectivity index (χ1v) is 4.07. The second kappa shape index (κ2) is 4.78. The van der Waals surface area contributed by atoms with Crippen LogP contribution in [-0.4, -0.2) is 13.7 Å². The Kier molecular flexibility index (Phi) is 3.61. The van der Waals surface area contributed by atoms with Crippen LogP contribution < -0.4 is 4.74 Å². The number of methoxy groups -OCH3 is 1. The van der Waals surface area contributed by atoms with Gasteiger partial charge in [-0.1, -0.05) is 12.1 Å². The Morgan fingerprint density at radius 3 is 2.83 bits per heavy atom. The summed E-state index contributed by atoms with van der Waals surface area (Å²) >= 11 is 0. The summed E-state index contributed by atoms with van der Waals surface area (Å²) in [6.07, 6.45) is 0. The van der Waals surface area contributed by atoms with Crippen molar-refractivity contribution in [2.24, 2.45) is 0 Å². The number of hydrogen-bond acceptors (Lipinski definition) is 2. The zero-order chi connectivity index (χ0) is 8.81. The Morgan fingerprint density at radius 2 is 2.17 bits per heavy atom. The van der Waals surface area contributed by atoms with Gasteiger partial charge in [0.1, 0.15) is 5.75 Å². The SMILES string of the molecule is CCOCc1cccc(OC)c1. The summed E-state index contributed by atoms with van der Waals surface area (Å²) in [5.41, 5.74) is 1.15. The lowest BCUT2D eigenvalue weighted by molar-refractivity contribution is 0.134. The normalized spacial score (nSPS) is 9.83. The molecule has 0 atom stereocenters. The van der Waals surface area contributed by atoms with Crippen molar-refractivity contribution in [3.05, 3.63) is 29.8 Å². The highest BCUT2D eigenvalue weighted by Crippen LogP contribution is 2.12. The summed E-state index contributed by atoms with van der Waals surface area (Å²) < 4.78 is 10.3. The molecule has 0 heterocycles. The van der Waals surface area contributed by atoms with E-state index in [0.717, 1.165) is 17.9 Å². The summed E-state index contributed by atoms with van der Waals surface area (Å²) in [5, 5.41) is 0. The number of rotatable bonds is 4. The molecule has 0 aliphatic heterocycles. The summed E-state index contributed by atoms with van der Waals surface area (Å²) in [6, 6.07) is 7.90.